The topological polar surface area (TPSA) is 68.0 Å². The predicted molar refractivity (Wildman–Crippen MR) is 84.7 cm³/mol. The highest BCUT2D eigenvalue weighted by Gasteiger charge is 2.19. The molecule has 0 radical (unpaired) electrons. The number of nitrogens with zero attached hydrogens (tertiary/aromatic N) is 2. The lowest BCUT2D eigenvalue weighted by Gasteiger charge is -2.13. The Labute approximate surface area is 132 Å². The maximum absolute atomic E-state index is 12.4. The molecule has 1 atom stereocenters. The van der Waals surface area contributed by atoms with Crippen molar-refractivity contribution in [2.75, 3.05) is 0 Å². The summed E-state index contributed by atoms with van der Waals surface area (Å²) in [4.78, 5) is 21.7. The van der Waals surface area contributed by atoms with E-state index in [1.807, 2.05) is 32.0 Å². The van der Waals surface area contributed by atoms with Crippen LogP contribution in [0.3, 0.4) is 0 Å². The number of furan rings is 1. The molecule has 6 heteroatoms. The van der Waals surface area contributed by atoms with E-state index in [4.69, 9.17) is 4.42 Å². The second kappa shape index (κ2) is 6.11. The van der Waals surface area contributed by atoms with Crippen molar-refractivity contribution in [1.82, 2.24) is 15.3 Å². The molecule has 3 aromatic rings. The smallest absolute Gasteiger partial charge is 0.271 e. The van der Waals surface area contributed by atoms with Crippen LogP contribution in [-0.2, 0) is 0 Å². The number of hydrogen-bond donors (Lipinski definition) is 1. The van der Waals surface area contributed by atoms with Gasteiger partial charge in [-0.1, -0.05) is 0 Å². The molecule has 0 saturated heterocycles. The lowest BCUT2D eigenvalue weighted by atomic mass is 10.1. The normalized spacial score (nSPS) is 12.1. The Morgan fingerprint density at radius 3 is 2.77 bits per heavy atom. The molecule has 3 heterocycles. The van der Waals surface area contributed by atoms with Crippen LogP contribution < -0.4 is 5.32 Å². The fourth-order valence-electron chi connectivity index (χ4n) is 2.11. The number of carbonyl (C=O) groups excluding carboxylic acids is 1. The van der Waals surface area contributed by atoms with E-state index < -0.39 is 0 Å². The molecule has 1 N–H and O–H groups in total. The average Bonchev–Trinajstić information content (AvgIpc) is 3.17. The molecule has 22 heavy (non-hydrogen) atoms. The molecule has 0 fully saturated rings. The van der Waals surface area contributed by atoms with Crippen molar-refractivity contribution in [1.29, 1.82) is 0 Å². The maximum atomic E-state index is 12.4. The van der Waals surface area contributed by atoms with Crippen LogP contribution in [0.15, 0.2) is 47.3 Å². The molecular formula is C16H15N3O2S. The van der Waals surface area contributed by atoms with Crippen LogP contribution >= 0.6 is 11.3 Å². The summed E-state index contributed by atoms with van der Waals surface area (Å²) in [5.41, 5.74) is 1.44. The minimum atomic E-state index is -0.184. The molecule has 1 unspecified atom stereocenters. The monoisotopic (exact) mass is 313 g/mol. The summed E-state index contributed by atoms with van der Waals surface area (Å²) in [6.45, 7) is 3.82. The van der Waals surface area contributed by atoms with Crippen molar-refractivity contribution in [2.45, 2.75) is 19.9 Å². The summed E-state index contributed by atoms with van der Waals surface area (Å²) < 4.78 is 5.33. The third-order valence-electron chi connectivity index (χ3n) is 3.30. The van der Waals surface area contributed by atoms with Gasteiger partial charge in [-0.3, -0.25) is 9.78 Å². The van der Waals surface area contributed by atoms with E-state index in [2.05, 4.69) is 15.3 Å². The summed E-state index contributed by atoms with van der Waals surface area (Å²) in [6.07, 6.45) is 5.01. The molecule has 0 aliphatic rings. The highest BCUT2D eigenvalue weighted by molar-refractivity contribution is 7.15. The Balaban J connectivity index is 1.78. The van der Waals surface area contributed by atoms with Gasteiger partial charge in [0.05, 0.1) is 12.3 Å². The van der Waals surface area contributed by atoms with Crippen LogP contribution in [-0.4, -0.2) is 15.9 Å². The molecule has 0 spiro atoms. The summed E-state index contributed by atoms with van der Waals surface area (Å²) in [7, 11) is 0. The van der Waals surface area contributed by atoms with Crippen molar-refractivity contribution >= 4 is 17.2 Å². The van der Waals surface area contributed by atoms with Crippen LogP contribution in [0, 0.1) is 6.92 Å². The van der Waals surface area contributed by atoms with E-state index in [0.717, 1.165) is 10.4 Å². The lowest BCUT2D eigenvalue weighted by Crippen LogP contribution is -2.27. The van der Waals surface area contributed by atoms with Crippen molar-refractivity contribution in [2.24, 2.45) is 0 Å². The Hall–Kier alpha value is -2.47. The van der Waals surface area contributed by atoms with Crippen LogP contribution in [0.5, 0.6) is 0 Å². The minimum absolute atomic E-state index is 0.108. The van der Waals surface area contributed by atoms with Gasteiger partial charge in [0, 0.05) is 17.3 Å². The third-order valence-corrected chi connectivity index (χ3v) is 4.28. The number of amides is 1. The van der Waals surface area contributed by atoms with Crippen LogP contribution in [0.4, 0.5) is 0 Å². The van der Waals surface area contributed by atoms with Gasteiger partial charge in [-0.2, -0.15) is 0 Å². The van der Waals surface area contributed by atoms with Crippen molar-refractivity contribution < 1.29 is 9.21 Å². The first-order chi connectivity index (χ1) is 10.6. The first-order valence-electron chi connectivity index (χ1n) is 6.87. The molecule has 0 aliphatic carbocycles. The zero-order chi connectivity index (χ0) is 15.5. The molecule has 3 rings (SSSR count). The largest absolute Gasteiger partial charge is 0.462 e. The number of nitrogens with one attached hydrogen (secondary N) is 1. The molecular weight excluding hydrogens is 298 g/mol. The van der Waals surface area contributed by atoms with Gasteiger partial charge in [0.1, 0.15) is 5.69 Å². The Kier molecular flexibility index (Phi) is 4.02. The summed E-state index contributed by atoms with van der Waals surface area (Å²) >= 11 is 1.45. The Morgan fingerprint density at radius 2 is 2.09 bits per heavy atom. The number of aromatic nitrogens is 2. The molecule has 1 amide bonds. The standard InChI is InChI=1S/C16H15N3O2S/c1-10(12-5-7-17-8-6-12)18-15(20)14-11(2)22-16(19-14)13-4-3-9-21-13/h3-10H,1-2H3,(H,18,20). The number of pyridine rings is 1. The van der Waals surface area contributed by atoms with E-state index >= 15 is 0 Å². The molecule has 5 nitrogen and oxygen atoms in total. The summed E-state index contributed by atoms with van der Waals surface area (Å²) in [5, 5.41) is 3.67. The van der Waals surface area contributed by atoms with E-state index in [1.54, 1.807) is 24.7 Å². The first kappa shape index (κ1) is 14.5. The fraction of sp³-hybridized carbons (Fsp3) is 0.188. The third kappa shape index (κ3) is 2.92. The van der Waals surface area contributed by atoms with Gasteiger partial charge in [-0.15, -0.1) is 11.3 Å². The SMILES string of the molecule is Cc1sc(-c2ccco2)nc1C(=O)NC(C)c1ccncc1. The fourth-order valence-corrected chi connectivity index (χ4v) is 2.99. The highest BCUT2D eigenvalue weighted by Crippen LogP contribution is 2.28. The number of carbonyl (C=O) groups is 1. The first-order valence-corrected chi connectivity index (χ1v) is 7.69. The molecule has 0 saturated carbocycles. The van der Waals surface area contributed by atoms with E-state index in [0.29, 0.717) is 16.5 Å². The van der Waals surface area contributed by atoms with Gasteiger partial charge in [0.15, 0.2) is 10.8 Å². The molecule has 0 bridgehead atoms. The number of aryl methyl sites for hydroxylation is 1. The zero-order valence-electron chi connectivity index (χ0n) is 12.2. The molecule has 0 aromatic carbocycles. The van der Waals surface area contributed by atoms with E-state index in [9.17, 15) is 4.79 Å². The van der Waals surface area contributed by atoms with Crippen LogP contribution in [0.1, 0.15) is 33.9 Å². The quantitative estimate of drug-likeness (QED) is 0.799. The van der Waals surface area contributed by atoms with Crippen LogP contribution in [0.25, 0.3) is 10.8 Å². The molecule has 3 aromatic heterocycles. The zero-order valence-corrected chi connectivity index (χ0v) is 13.1. The number of hydrogen-bond acceptors (Lipinski definition) is 5. The van der Waals surface area contributed by atoms with Gasteiger partial charge in [-0.25, -0.2) is 4.98 Å². The number of rotatable bonds is 4. The second-order valence-electron chi connectivity index (χ2n) is 4.88. The van der Waals surface area contributed by atoms with E-state index in [1.165, 1.54) is 11.3 Å². The Morgan fingerprint density at radius 1 is 1.32 bits per heavy atom. The van der Waals surface area contributed by atoms with Crippen molar-refractivity contribution in [3.8, 4) is 10.8 Å². The summed E-state index contributed by atoms with van der Waals surface area (Å²) in [6, 6.07) is 7.29. The molecule has 112 valence electrons. The van der Waals surface area contributed by atoms with Crippen molar-refractivity contribution in [3.05, 3.63) is 59.1 Å². The van der Waals surface area contributed by atoms with Gasteiger partial charge < -0.3 is 9.73 Å². The average molecular weight is 313 g/mol. The summed E-state index contributed by atoms with van der Waals surface area (Å²) in [5.74, 6) is 0.491. The van der Waals surface area contributed by atoms with Crippen LogP contribution in [0.2, 0.25) is 0 Å². The van der Waals surface area contributed by atoms with Gasteiger partial charge in [0.2, 0.25) is 0 Å². The Bertz CT molecular complexity index is 766. The minimum Gasteiger partial charge on any atom is -0.462 e. The number of thiazole rings is 1. The van der Waals surface area contributed by atoms with Gasteiger partial charge in [0.25, 0.3) is 5.91 Å². The van der Waals surface area contributed by atoms with Gasteiger partial charge in [-0.05, 0) is 43.7 Å². The van der Waals surface area contributed by atoms with Crippen molar-refractivity contribution in [3.63, 3.8) is 0 Å². The van der Waals surface area contributed by atoms with Gasteiger partial charge >= 0.3 is 0 Å². The van der Waals surface area contributed by atoms with E-state index in [-0.39, 0.29) is 11.9 Å². The predicted octanol–water partition coefficient (Wildman–Crippen LogP) is 3.60. The maximum Gasteiger partial charge on any atom is 0.271 e. The highest BCUT2D eigenvalue weighted by atomic mass is 32.1. The second-order valence-corrected chi connectivity index (χ2v) is 6.08. The molecule has 0 aliphatic heterocycles. The lowest BCUT2D eigenvalue weighted by molar-refractivity contribution is 0.0935.